The monoisotopic (exact) mass is 576 g/mol. The molecule has 0 spiro atoms. The summed E-state index contributed by atoms with van der Waals surface area (Å²) in [7, 11) is -1.74. The Morgan fingerprint density at radius 2 is 1.81 bits per heavy atom. The van der Waals surface area contributed by atoms with Crippen molar-refractivity contribution < 1.29 is 17.7 Å². The van der Waals surface area contributed by atoms with Crippen LogP contribution in [0, 0.1) is 0 Å². The Labute approximate surface area is 205 Å². The highest BCUT2D eigenvalue weighted by atomic mass is 127. The van der Waals surface area contributed by atoms with E-state index in [9.17, 15) is 13.2 Å². The maximum atomic E-state index is 12.6. The van der Waals surface area contributed by atoms with Gasteiger partial charge in [0.2, 0.25) is 10.0 Å². The molecule has 0 atom stereocenters. The van der Waals surface area contributed by atoms with E-state index in [-0.39, 0.29) is 35.6 Å². The molecule has 12 heteroatoms. The summed E-state index contributed by atoms with van der Waals surface area (Å²) in [6, 6.07) is 8.95. The summed E-state index contributed by atoms with van der Waals surface area (Å²) in [5, 5.41) is 9.77. The number of hydrogen-bond acceptors (Lipinski definition) is 6. The molecule has 1 aromatic heterocycles. The first-order valence-corrected chi connectivity index (χ1v) is 11.7. The minimum atomic E-state index is -3.44. The van der Waals surface area contributed by atoms with Gasteiger partial charge in [0.1, 0.15) is 12.0 Å². The van der Waals surface area contributed by atoms with Crippen LogP contribution in [-0.2, 0) is 22.3 Å². The average molecular weight is 576 g/mol. The van der Waals surface area contributed by atoms with Crippen molar-refractivity contribution in [2.75, 3.05) is 39.8 Å². The molecule has 32 heavy (non-hydrogen) atoms. The molecule has 1 aliphatic heterocycles. The number of nitrogens with zero attached hydrogens (tertiary/aromatic N) is 4. The molecule has 0 saturated carbocycles. The number of sulfonamides is 1. The van der Waals surface area contributed by atoms with Gasteiger partial charge in [0.05, 0.1) is 5.69 Å². The second-order valence-electron chi connectivity index (χ2n) is 7.09. The fourth-order valence-electron chi connectivity index (χ4n) is 3.32. The number of hydrogen-bond donors (Lipinski definition) is 2. The van der Waals surface area contributed by atoms with Crippen LogP contribution in [0.3, 0.4) is 0 Å². The van der Waals surface area contributed by atoms with Gasteiger partial charge in [-0.1, -0.05) is 17.3 Å². The van der Waals surface area contributed by atoms with E-state index in [4.69, 9.17) is 4.52 Å². The topological polar surface area (TPSA) is 120 Å². The van der Waals surface area contributed by atoms with Crippen LogP contribution in [-0.4, -0.2) is 74.4 Å². The Balaban J connectivity index is 0.00000363. The third-order valence-electron chi connectivity index (χ3n) is 4.97. The number of aromatic nitrogens is 1. The highest BCUT2D eigenvalue weighted by molar-refractivity contribution is 14.0. The zero-order chi connectivity index (χ0) is 22.3. The van der Waals surface area contributed by atoms with Crippen LogP contribution < -0.4 is 10.6 Å². The molecule has 2 aromatic rings. The molecule has 1 amide bonds. The lowest BCUT2D eigenvalue weighted by Gasteiger charge is -2.35. The number of benzene rings is 1. The zero-order valence-electron chi connectivity index (χ0n) is 18.2. The molecule has 176 valence electrons. The van der Waals surface area contributed by atoms with E-state index in [1.807, 2.05) is 24.0 Å². The van der Waals surface area contributed by atoms with Crippen molar-refractivity contribution in [2.45, 2.75) is 19.2 Å². The first-order valence-electron chi connectivity index (χ1n) is 10.1. The number of halogens is 1. The number of piperazine rings is 1. The Bertz CT molecular complexity index is 988. The van der Waals surface area contributed by atoms with Gasteiger partial charge >= 0.3 is 0 Å². The molecule has 2 N–H and O–H groups in total. The first-order chi connectivity index (χ1) is 14.9. The van der Waals surface area contributed by atoms with Crippen molar-refractivity contribution in [3.63, 3.8) is 0 Å². The van der Waals surface area contributed by atoms with Gasteiger partial charge in [0, 0.05) is 57.9 Å². The van der Waals surface area contributed by atoms with Crippen LogP contribution in [0.4, 0.5) is 0 Å². The number of rotatable bonds is 7. The van der Waals surface area contributed by atoms with E-state index in [1.165, 1.54) is 10.6 Å². The normalized spacial score (nSPS) is 15.2. The average Bonchev–Trinajstić information content (AvgIpc) is 3.27. The van der Waals surface area contributed by atoms with E-state index >= 15 is 0 Å². The van der Waals surface area contributed by atoms with Crippen LogP contribution in [0.2, 0.25) is 0 Å². The number of carbonyl (C=O) groups excluding carboxylic acids is 1. The van der Waals surface area contributed by atoms with E-state index in [2.05, 4.69) is 20.8 Å². The van der Waals surface area contributed by atoms with Crippen molar-refractivity contribution in [3.05, 3.63) is 53.4 Å². The first kappa shape index (κ1) is 26.1. The van der Waals surface area contributed by atoms with Gasteiger partial charge in [-0.15, -0.1) is 24.0 Å². The summed E-state index contributed by atoms with van der Waals surface area (Å²) in [4.78, 5) is 18.2. The van der Waals surface area contributed by atoms with Crippen LogP contribution in [0.15, 0.2) is 46.1 Å². The van der Waals surface area contributed by atoms with E-state index < -0.39 is 10.0 Å². The molecule has 1 aliphatic rings. The van der Waals surface area contributed by atoms with Crippen molar-refractivity contribution in [1.29, 1.82) is 0 Å². The van der Waals surface area contributed by atoms with Crippen LogP contribution in [0.1, 0.15) is 28.5 Å². The summed E-state index contributed by atoms with van der Waals surface area (Å²) in [6.07, 6.45) is 1.37. The molecule has 3 rings (SSSR count). The minimum absolute atomic E-state index is 0. The maximum absolute atomic E-state index is 12.6. The van der Waals surface area contributed by atoms with Gasteiger partial charge in [-0.05, 0) is 24.6 Å². The molecule has 1 fully saturated rings. The number of carbonyl (C=O) groups is 1. The van der Waals surface area contributed by atoms with Crippen molar-refractivity contribution >= 4 is 45.9 Å². The van der Waals surface area contributed by atoms with Gasteiger partial charge in [0.25, 0.3) is 5.91 Å². The lowest BCUT2D eigenvalue weighted by atomic mass is 10.1. The van der Waals surface area contributed by atoms with Crippen LogP contribution >= 0.6 is 24.0 Å². The molecule has 10 nitrogen and oxygen atoms in total. The Kier molecular flexibility index (Phi) is 9.90. The second-order valence-corrected chi connectivity index (χ2v) is 9.06. The molecule has 1 saturated heterocycles. The lowest BCUT2D eigenvalue weighted by molar-refractivity contribution is 0.0956. The quantitative estimate of drug-likeness (QED) is 0.290. The molecule has 2 heterocycles. The van der Waals surface area contributed by atoms with Crippen LogP contribution in [0.5, 0.6) is 0 Å². The number of guanidine groups is 1. The third-order valence-corrected chi connectivity index (χ3v) is 6.78. The maximum Gasteiger partial charge on any atom is 0.251 e. The van der Waals surface area contributed by atoms with Crippen molar-refractivity contribution in [3.8, 4) is 0 Å². The smallest absolute Gasteiger partial charge is 0.251 e. The van der Waals surface area contributed by atoms with Gasteiger partial charge in [0.15, 0.2) is 5.96 Å². The Morgan fingerprint density at radius 1 is 1.12 bits per heavy atom. The summed E-state index contributed by atoms with van der Waals surface area (Å²) in [5.41, 5.74) is 2.04. The van der Waals surface area contributed by atoms with Gasteiger partial charge < -0.3 is 20.1 Å². The summed E-state index contributed by atoms with van der Waals surface area (Å²) < 4.78 is 31.4. The second kappa shape index (κ2) is 12.2. The molecule has 1 aromatic carbocycles. The SMILES string of the molecule is CCNC(=O)c1ccc(CNC(=NC)N2CCN(S(=O)(=O)Cc3ccon3)CC2)cc1.I. The summed E-state index contributed by atoms with van der Waals surface area (Å²) >= 11 is 0. The predicted molar refractivity (Wildman–Crippen MR) is 132 cm³/mol. The fraction of sp³-hybridized carbons (Fsp3) is 0.450. The number of amides is 1. The van der Waals surface area contributed by atoms with Gasteiger partial charge in [-0.25, -0.2) is 8.42 Å². The Hall–Kier alpha value is -2.19. The van der Waals surface area contributed by atoms with E-state index in [0.717, 1.165) is 5.56 Å². The standard InChI is InChI=1S/C20H28N6O4S.HI/c1-3-22-19(27)17-6-4-16(5-7-17)14-23-20(21-2)25-9-11-26(12-10-25)31(28,29)15-18-8-13-30-24-18;/h4-8,13H,3,9-12,14-15H2,1-2H3,(H,21,23)(H,22,27);1H. The molecular formula is C20H29IN6O4S. The summed E-state index contributed by atoms with van der Waals surface area (Å²) in [6.45, 7) is 4.85. The van der Waals surface area contributed by atoms with Gasteiger partial charge in [-0.3, -0.25) is 9.79 Å². The van der Waals surface area contributed by atoms with Crippen molar-refractivity contribution in [2.24, 2.45) is 4.99 Å². The van der Waals surface area contributed by atoms with Crippen molar-refractivity contribution in [1.82, 2.24) is 25.0 Å². The lowest BCUT2D eigenvalue weighted by Crippen LogP contribution is -2.53. The Morgan fingerprint density at radius 3 is 2.38 bits per heavy atom. The third kappa shape index (κ3) is 6.90. The predicted octanol–water partition coefficient (Wildman–Crippen LogP) is 1.27. The molecular weight excluding hydrogens is 547 g/mol. The van der Waals surface area contributed by atoms with Crippen LogP contribution in [0.25, 0.3) is 0 Å². The molecule has 0 aliphatic carbocycles. The largest absolute Gasteiger partial charge is 0.364 e. The molecule has 0 unspecified atom stereocenters. The summed E-state index contributed by atoms with van der Waals surface area (Å²) in [5.74, 6) is 0.457. The minimum Gasteiger partial charge on any atom is -0.364 e. The fourth-order valence-corrected chi connectivity index (χ4v) is 4.74. The zero-order valence-corrected chi connectivity index (χ0v) is 21.3. The number of aliphatic imine (C=N–C) groups is 1. The van der Waals surface area contributed by atoms with E-state index in [1.54, 1.807) is 25.2 Å². The van der Waals surface area contributed by atoms with Gasteiger partial charge in [-0.2, -0.15) is 4.31 Å². The highest BCUT2D eigenvalue weighted by Crippen LogP contribution is 2.13. The molecule has 0 bridgehead atoms. The number of nitrogens with one attached hydrogen (secondary N) is 2. The highest BCUT2D eigenvalue weighted by Gasteiger charge is 2.28. The van der Waals surface area contributed by atoms with E-state index in [0.29, 0.717) is 56.5 Å². The molecule has 0 radical (unpaired) electrons.